The van der Waals surface area contributed by atoms with Gasteiger partial charge in [-0.2, -0.15) is 5.10 Å². The van der Waals surface area contributed by atoms with E-state index in [2.05, 4.69) is 15.1 Å². The van der Waals surface area contributed by atoms with E-state index in [1.807, 2.05) is 13.8 Å². The molecule has 0 fully saturated rings. The van der Waals surface area contributed by atoms with Gasteiger partial charge in [-0.1, -0.05) is 13.8 Å². The van der Waals surface area contributed by atoms with Gasteiger partial charge in [-0.3, -0.25) is 14.9 Å². The van der Waals surface area contributed by atoms with Crippen molar-refractivity contribution < 1.29 is 9.34 Å². The normalized spacial score (nSPS) is 11.5. The summed E-state index contributed by atoms with van der Waals surface area (Å²) in [7, 11) is 1.65. The molecule has 0 aromatic carbocycles. The summed E-state index contributed by atoms with van der Waals surface area (Å²) in [6.45, 7) is 3.83. The molecule has 0 aliphatic carbocycles. The summed E-state index contributed by atoms with van der Waals surface area (Å²) in [5.74, 6) is 0.358. The van der Waals surface area contributed by atoms with Crippen molar-refractivity contribution >= 4 is 16.9 Å². The Bertz CT molecular complexity index is 934. The molecule has 9 heteroatoms. The zero-order chi connectivity index (χ0) is 16.0. The summed E-state index contributed by atoms with van der Waals surface area (Å²) >= 11 is 0. The monoisotopic (exact) mass is 303 g/mol. The number of hydrogen-bond acceptors (Lipinski definition) is 6. The maximum absolute atomic E-state index is 12.3. The molecular weight excluding hydrogens is 290 g/mol. The zero-order valence-corrected chi connectivity index (χ0v) is 12.2. The number of aryl methyl sites for hydroxylation is 1. The Balaban J connectivity index is 2.27. The molecule has 0 atom stereocenters. The molecule has 3 aromatic rings. The fraction of sp³-hybridized carbons (Fsp3) is 0.308. The third-order valence-corrected chi connectivity index (χ3v) is 3.26. The largest absolute Gasteiger partial charge is 0.433 e. The Morgan fingerprint density at radius 1 is 1.41 bits per heavy atom. The number of nitrogens with one attached hydrogen (secondary N) is 1. The van der Waals surface area contributed by atoms with Gasteiger partial charge in [0.15, 0.2) is 11.4 Å². The molecule has 3 rings (SSSR count). The number of nitro groups is 1. The molecule has 0 amide bonds. The summed E-state index contributed by atoms with van der Waals surface area (Å²) < 4.78 is 6.59. The first-order valence-electron chi connectivity index (χ1n) is 6.60. The summed E-state index contributed by atoms with van der Waals surface area (Å²) in [5, 5.41) is 15.2. The second-order valence-electron chi connectivity index (χ2n) is 5.17. The average molecular weight is 303 g/mol. The third-order valence-electron chi connectivity index (χ3n) is 3.26. The Morgan fingerprint density at radius 3 is 2.73 bits per heavy atom. The molecule has 0 saturated carbocycles. The van der Waals surface area contributed by atoms with Crippen LogP contribution in [0.5, 0.6) is 0 Å². The van der Waals surface area contributed by atoms with Crippen molar-refractivity contribution in [3.05, 3.63) is 38.4 Å². The molecule has 0 radical (unpaired) electrons. The van der Waals surface area contributed by atoms with E-state index in [-0.39, 0.29) is 28.3 Å². The molecule has 3 heterocycles. The van der Waals surface area contributed by atoms with Crippen molar-refractivity contribution in [1.29, 1.82) is 0 Å². The molecule has 22 heavy (non-hydrogen) atoms. The van der Waals surface area contributed by atoms with Crippen molar-refractivity contribution in [2.45, 2.75) is 19.8 Å². The second-order valence-corrected chi connectivity index (χ2v) is 5.17. The topological polar surface area (TPSA) is 120 Å². The second kappa shape index (κ2) is 4.79. The van der Waals surface area contributed by atoms with Crippen LogP contribution >= 0.6 is 0 Å². The van der Waals surface area contributed by atoms with Gasteiger partial charge >= 0.3 is 5.88 Å². The van der Waals surface area contributed by atoms with Gasteiger partial charge in [-0.05, 0) is 6.07 Å². The summed E-state index contributed by atoms with van der Waals surface area (Å²) in [5.41, 5.74) is 0.284. The molecule has 114 valence electrons. The van der Waals surface area contributed by atoms with Crippen LogP contribution in [0.3, 0.4) is 0 Å². The van der Waals surface area contributed by atoms with Crippen LogP contribution in [0, 0.1) is 10.1 Å². The highest BCUT2D eigenvalue weighted by Gasteiger charge is 2.22. The summed E-state index contributed by atoms with van der Waals surface area (Å²) in [6.07, 6.45) is 0. The van der Waals surface area contributed by atoms with E-state index >= 15 is 0 Å². The van der Waals surface area contributed by atoms with Crippen molar-refractivity contribution in [2.75, 3.05) is 0 Å². The number of rotatable bonds is 3. The number of aromatic nitrogens is 4. The predicted molar refractivity (Wildman–Crippen MR) is 77.6 cm³/mol. The van der Waals surface area contributed by atoms with Crippen LogP contribution in [0.2, 0.25) is 0 Å². The quantitative estimate of drug-likeness (QED) is 0.583. The first-order chi connectivity index (χ1) is 10.4. The molecule has 9 nitrogen and oxygen atoms in total. The first-order valence-corrected chi connectivity index (χ1v) is 6.60. The highest BCUT2D eigenvalue weighted by molar-refractivity contribution is 5.89. The number of aromatic amines is 1. The molecule has 3 aromatic heterocycles. The Morgan fingerprint density at radius 2 is 2.14 bits per heavy atom. The zero-order valence-electron chi connectivity index (χ0n) is 12.2. The van der Waals surface area contributed by atoms with Crippen molar-refractivity contribution in [1.82, 2.24) is 19.7 Å². The highest BCUT2D eigenvalue weighted by atomic mass is 16.6. The van der Waals surface area contributed by atoms with Gasteiger partial charge < -0.3 is 9.40 Å². The number of fused-ring (bicyclic) bond motifs is 1. The van der Waals surface area contributed by atoms with Crippen LogP contribution in [0.1, 0.15) is 25.6 Å². The molecule has 0 bridgehead atoms. The van der Waals surface area contributed by atoms with Crippen LogP contribution in [0.25, 0.3) is 22.5 Å². The summed E-state index contributed by atoms with van der Waals surface area (Å²) in [6, 6.07) is 2.63. The highest BCUT2D eigenvalue weighted by Crippen LogP contribution is 2.29. The standard InChI is InChI=1S/C13H13N5O4/c1-6(2)11-14-12-9(13(19)15-11)10(16-17(12)3)7-4-5-8(22-7)18(20)21/h4-6H,1-3H3,(H,14,15,19). The van der Waals surface area contributed by atoms with E-state index in [9.17, 15) is 14.9 Å². The maximum atomic E-state index is 12.3. The molecule has 0 aliphatic rings. The Labute approximate surface area is 123 Å². The van der Waals surface area contributed by atoms with Crippen molar-refractivity contribution in [3.8, 4) is 11.5 Å². The Kier molecular flexibility index (Phi) is 3.05. The van der Waals surface area contributed by atoms with Crippen LogP contribution in [0.15, 0.2) is 21.3 Å². The van der Waals surface area contributed by atoms with Gasteiger partial charge in [0.05, 0.1) is 6.07 Å². The minimum absolute atomic E-state index is 0.0557. The Hall–Kier alpha value is -2.97. The van der Waals surface area contributed by atoms with Crippen LogP contribution in [0.4, 0.5) is 5.88 Å². The maximum Gasteiger partial charge on any atom is 0.433 e. The lowest BCUT2D eigenvalue weighted by Crippen LogP contribution is -2.13. The lowest BCUT2D eigenvalue weighted by Gasteiger charge is -2.03. The minimum atomic E-state index is -0.645. The lowest BCUT2D eigenvalue weighted by atomic mass is 10.2. The van der Waals surface area contributed by atoms with Crippen molar-refractivity contribution in [3.63, 3.8) is 0 Å². The number of H-pyrrole nitrogens is 1. The fourth-order valence-electron chi connectivity index (χ4n) is 2.17. The molecule has 0 saturated heterocycles. The van der Waals surface area contributed by atoms with E-state index in [0.29, 0.717) is 11.5 Å². The molecule has 1 N–H and O–H groups in total. The number of nitrogens with zero attached hydrogens (tertiary/aromatic N) is 4. The van der Waals surface area contributed by atoms with Crippen molar-refractivity contribution in [2.24, 2.45) is 7.05 Å². The predicted octanol–water partition coefficient (Wildman–Crippen LogP) is 1.95. The van der Waals surface area contributed by atoms with E-state index in [1.54, 1.807) is 7.05 Å². The first kappa shape index (κ1) is 14.0. The third kappa shape index (κ3) is 2.07. The SMILES string of the molecule is CC(C)c1nc2c(c(-c3ccc([N+](=O)[O-])o3)nn2C)c(=O)[nH]1. The number of hydrogen-bond donors (Lipinski definition) is 1. The van der Waals surface area contributed by atoms with E-state index in [1.165, 1.54) is 16.8 Å². The van der Waals surface area contributed by atoms with Crippen LogP contribution < -0.4 is 5.56 Å². The van der Waals surface area contributed by atoms with Gasteiger partial charge in [-0.25, -0.2) is 9.67 Å². The molecular formula is C13H13N5O4. The van der Waals surface area contributed by atoms with Gasteiger partial charge in [0.1, 0.15) is 21.8 Å². The van der Waals surface area contributed by atoms with Gasteiger partial charge in [0.2, 0.25) is 0 Å². The summed E-state index contributed by atoms with van der Waals surface area (Å²) in [4.78, 5) is 29.5. The number of furan rings is 1. The minimum Gasteiger partial charge on any atom is -0.399 e. The molecule has 0 spiro atoms. The van der Waals surface area contributed by atoms with E-state index in [0.717, 1.165) is 0 Å². The van der Waals surface area contributed by atoms with Gasteiger partial charge in [-0.15, -0.1) is 0 Å². The van der Waals surface area contributed by atoms with Crippen LogP contribution in [-0.4, -0.2) is 24.7 Å². The average Bonchev–Trinajstić information content (AvgIpc) is 3.04. The fourth-order valence-corrected chi connectivity index (χ4v) is 2.17. The van der Waals surface area contributed by atoms with Crippen LogP contribution in [-0.2, 0) is 7.05 Å². The lowest BCUT2D eigenvalue weighted by molar-refractivity contribution is -0.401. The van der Waals surface area contributed by atoms with Gasteiger partial charge in [0.25, 0.3) is 5.56 Å². The smallest absolute Gasteiger partial charge is 0.399 e. The van der Waals surface area contributed by atoms with Gasteiger partial charge in [0, 0.05) is 13.0 Å². The molecule has 0 unspecified atom stereocenters. The molecule has 0 aliphatic heterocycles. The van der Waals surface area contributed by atoms with E-state index in [4.69, 9.17) is 4.42 Å². The van der Waals surface area contributed by atoms with E-state index < -0.39 is 10.8 Å².